The Bertz CT molecular complexity index is 842. The highest BCUT2D eigenvalue weighted by molar-refractivity contribution is 9.10. The van der Waals surface area contributed by atoms with Crippen LogP contribution in [0, 0.1) is 0 Å². The van der Waals surface area contributed by atoms with Crippen LogP contribution in [0.15, 0.2) is 64.0 Å². The lowest BCUT2D eigenvalue weighted by Crippen LogP contribution is -2.31. The van der Waals surface area contributed by atoms with Gasteiger partial charge in [0.05, 0.1) is 11.0 Å². The molecule has 1 amide bonds. The first-order valence-electron chi connectivity index (χ1n) is 9.07. The first kappa shape index (κ1) is 22.5. The number of halogens is 1. The summed E-state index contributed by atoms with van der Waals surface area (Å²) in [4.78, 5) is 12.0. The molecule has 0 aliphatic heterocycles. The molecule has 152 valence electrons. The zero-order valence-electron chi connectivity index (χ0n) is 15.7. The smallest absolute Gasteiger partial charge is 0.240 e. The van der Waals surface area contributed by atoms with E-state index in [0.717, 1.165) is 10.0 Å². The molecule has 28 heavy (non-hydrogen) atoms. The standard InChI is InChI=1S/C20H25BrN2O4S/c1-16(17-6-3-2-4-7-17)27-15-5-13-22-20(24)12-14-23-28(25,26)19-10-8-18(21)9-11-19/h2-4,6-11,16,23H,5,12-15H2,1H3,(H,22,24). The van der Waals surface area contributed by atoms with E-state index in [0.29, 0.717) is 19.6 Å². The molecule has 1 unspecified atom stereocenters. The van der Waals surface area contributed by atoms with Crippen molar-refractivity contribution in [2.75, 3.05) is 19.7 Å². The first-order valence-corrected chi connectivity index (χ1v) is 11.3. The fourth-order valence-electron chi connectivity index (χ4n) is 2.46. The van der Waals surface area contributed by atoms with Crippen LogP contribution in [0.5, 0.6) is 0 Å². The van der Waals surface area contributed by atoms with Gasteiger partial charge in [-0.2, -0.15) is 0 Å². The summed E-state index contributed by atoms with van der Waals surface area (Å²) in [7, 11) is -3.61. The number of hydrogen-bond acceptors (Lipinski definition) is 4. The lowest BCUT2D eigenvalue weighted by atomic mass is 10.1. The van der Waals surface area contributed by atoms with Crippen molar-refractivity contribution in [1.29, 1.82) is 0 Å². The number of hydrogen-bond donors (Lipinski definition) is 2. The zero-order chi connectivity index (χ0) is 20.4. The lowest BCUT2D eigenvalue weighted by molar-refractivity contribution is -0.120. The van der Waals surface area contributed by atoms with Crippen LogP contribution in [0.4, 0.5) is 0 Å². The van der Waals surface area contributed by atoms with E-state index in [2.05, 4.69) is 26.0 Å². The largest absolute Gasteiger partial charge is 0.374 e. The Labute approximate surface area is 174 Å². The summed E-state index contributed by atoms with van der Waals surface area (Å²) in [6.45, 7) is 3.06. The minimum absolute atomic E-state index is 0.00455. The van der Waals surface area contributed by atoms with Crippen LogP contribution in [-0.4, -0.2) is 34.0 Å². The molecule has 2 N–H and O–H groups in total. The van der Waals surface area contributed by atoms with E-state index in [1.54, 1.807) is 12.1 Å². The number of carbonyl (C=O) groups excluding carboxylic acids is 1. The molecular formula is C20H25BrN2O4S. The molecule has 2 aromatic carbocycles. The van der Waals surface area contributed by atoms with Crippen molar-refractivity contribution in [1.82, 2.24) is 10.0 Å². The number of nitrogens with one attached hydrogen (secondary N) is 2. The van der Waals surface area contributed by atoms with E-state index >= 15 is 0 Å². The van der Waals surface area contributed by atoms with E-state index in [4.69, 9.17) is 4.74 Å². The van der Waals surface area contributed by atoms with Gasteiger partial charge < -0.3 is 10.1 Å². The van der Waals surface area contributed by atoms with Crippen molar-refractivity contribution in [3.05, 3.63) is 64.6 Å². The Morgan fingerprint density at radius 1 is 1.07 bits per heavy atom. The predicted octanol–water partition coefficient (Wildman–Crippen LogP) is 3.40. The molecule has 1 atom stereocenters. The van der Waals surface area contributed by atoms with Gasteiger partial charge in [0, 0.05) is 30.6 Å². The zero-order valence-corrected chi connectivity index (χ0v) is 18.1. The first-order chi connectivity index (χ1) is 13.4. The lowest BCUT2D eigenvalue weighted by Gasteiger charge is -2.13. The summed E-state index contributed by atoms with van der Waals surface area (Å²) in [5.41, 5.74) is 1.12. The molecule has 8 heteroatoms. The van der Waals surface area contributed by atoms with E-state index in [1.165, 1.54) is 12.1 Å². The van der Waals surface area contributed by atoms with Crippen LogP contribution in [0.1, 0.15) is 31.4 Å². The molecule has 0 aliphatic rings. The molecule has 0 aromatic heterocycles. The second-order valence-corrected chi connectivity index (χ2v) is 8.91. The molecule has 0 saturated heterocycles. The number of rotatable bonds is 11. The minimum atomic E-state index is -3.61. The third-order valence-corrected chi connectivity index (χ3v) is 6.05. The summed E-state index contributed by atoms with van der Waals surface area (Å²) < 4.78 is 33.2. The summed E-state index contributed by atoms with van der Waals surface area (Å²) in [5, 5.41) is 2.77. The van der Waals surface area contributed by atoms with Crippen molar-refractivity contribution >= 4 is 31.9 Å². The maximum absolute atomic E-state index is 12.1. The molecule has 2 aromatic rings. The molecule has 0 heterocycles. The van der Waals surface area contributed by atoms with Gasteiger partial charge in [-0.1, -0.05) is 46.3 Å². The van der Waals surface area contributed by atoms with Gasteiger partial charge in [-0.05, 0) is 43.2 Å². The van der Waals surface area contributed by atoms with Gasteiger partial charge in [-0.15, -0.1) is 0 Å². The fourth-order valence-corrected chi connectivity index (χ4v) is 3.76. The number of ether oxygens (including phenoxy) is 1. The average molecular weight is 469 g/mol. The molecule has 0 spiro atoms. The van der Waals surface area contributed by atoms with Crippen molar-refractivity contribution < 1.29 is 17.9 Å². The Balaban J connectivity index is 1.59. The van der Waals surface area contributed by atoms with E-state index in [-0.39, 0.29) is 29.9 Å². The van der Waals surface area contributed by atoms with Gasteiger partial charge in [0.1, 0.15) is 0 Å². The molecule has 0 bridgehead atoms. The monoisotopic (exact) mass is 468 g/mol. The van der Waals surface area contributed by atoms with Crippen LogP contribution < -0.4 is 10.0 Å². The van der Waals surface area contributed by atoms with Crippen molar-refractivity contribution in [3.8, 4) is 0 Å². The molecule has 0 radical (unpaired) electrons. The molecular weight excluding hydrogens is 444 g/mol. The van der Waals surface area contributed by atoms with Crippen LogP contribution in [0.3, 0.4) is 0 Å². The third-order valence-electron chi connectivity index (χ3n) is 4.05. The van der Waals surface area contributed by atoms with Gasteiger partial charge in [-0.25, -0.2) is 13.1 Å². The summed E-state index contributed by atoms with van der Waals surface area (Å²) in [6.07, 6.45) is 0.773. The Kier molecular flexibility index (Phi) is 9.11. The Morgan fingerprint density at radius 2 is 1.75 bits per heavy atom. The molecule has 0 fully saturated rings. The number of benzene rings is 2. The van der Waals surface area contributed by atoms with Gasteiger partial charge in [0.2, 0.25) is 15.9 Å². The number of carbonyl (C=O) groups is 1. The SMILES string of the molecule is CC(OCCCNC(=O)CCNS(=O)(=O)c1ccc(Br)cc1)c1ccccc1. The van der Waals surface area contributed by atoms with Gasteiger partial charge in [-0.3, -0.25) is 4.79 Å². The summed E-state index contributed by atoms with van der Waals surface area (Å²) in [5.74, 6) is -0.199. The van der Waals surface area contributed by atoms with Crippen LogP contribution in [0.2, 0.25) is 0 Å². The third kappa shape index (κ3) is 7.71. The second kappa shape index (κ2) is 11.3. The summed E-state index contributed by atoms with van der Waals surface area (Å²) >= 11 is 3.26. The number of amides is 1. The van der Waals surface area contributed by atoms with E-state index in [1.807, 2.05) is 37.3 Å². The Hall–Kier alpha value is -1.74. The van der Waals surface area contributed by atoms with Crippen molar-refractivity contribution in [2.45, 2.75) is 30.8 Å². The van der Waals surface area contributed by atoms with Gasteiger partial charge in [0.15, 0.2) is 0 Å². The van der Waals surface area contributed by atoms with Crippen LogP contribution in [0.25, 0.3) is 0 Å². The maximum atomic E-state index is 12.1. The second-order valence-electron chi connectivity index (χ2n) is 6.23. The quantitative estimate of drug-likeness (QED) is 0.494. The topological polar surface area (TPSA) is 84.5 Å². The maximum Gasteiger partial charge on any atom is 0.240 e. The molecule has 0 aliphatic carbocycles. The molecule has 0 saturated carbocycles. The van der Waals surface area contributed by atoms with Crippen LogP contribution in [-0.2, 0) is 19.6 Å². The van der Waals surface area contributed by atoms with E-state index < -0.39 is 10.0 Å². The molecule has 2 rings (SSSR count). The van der Waals surface area contributed by atoms with Crippen molar-refractivity contribution in [2.24, 2.45) is 0 Å². The predicted molar refractivity (Wildman–Crippen MR) is 112 cm³/mol. The minimum Gasteiger partial charge on any atom is -0.374 e. The Morgan fingerprint density at radius 3 is 2.43 bits per heavy atom. The highest BCUT2D eigenvalue weighted by atomic mass is 79.9. The van der Waals surface area contributed by atoms with Crippen LogP contribution >= 0.6 is 15.9 Å². The van der Waals surface area contributed by atoms with E-state index in [9.17, 15) is 13.2 Å². The highest BCUT2D eigenvalue weighted by Gasteiger charge is 2.13. The van der Waals surface area contributed by atoms with Gasteiger partial charge >= 0.3 is 0 Å². The van der Waals surface area contributed by atoms with Gasteiger partial charge in [0.25, 0.3) is 0 Å². The summed E-state index contributed by atoms with van der Waals surface area (Å²) in [6, 6.07) is 16.3. The highest BCUT2D eigenvalue weighted by Crippen LogP contribution is 2.16. The van der Waals surface area contributed by atoms with Crippen molar-refractivity contribution in [3.63, 3.8) is 0 Å². The average Bonchev–Trinajstić information content (AvgIpc) is 2.68. The normalized spacial score (nSPS) is 12.5. The molecule has 6 nitrogen and oxygen atoms in total. The number of sulfonamides is 1. The fraction of sp³-hybridized carbons (Fsp3) is 0.350.